The monoisotopic (exact) mass is 163 g/mol. The zero-order valence-electron chi connectivity index (χ0n) is 8.22. The summed E-state index contributed by atoms with van der Waals surface area (Å²) in [6, 6.07) is 2.04. The third-order valence-electron chi connectivity index (χ3n) is 1.64. The van der Waals surface area contributed by atoms with E-state index in [-0.39, 0.29) is 0 Å². The molecule has 0 aliphatic heterocycles. The Bertz CT molecular complexity index is 212. The van der Waals surface area contributed by atoms with Gasteiger partial charge in [0.15, 0.2) is 0 Å². The van der Waals surface area contributed by atoms with E-state index in [4.69, 9.17) is 5.26 Å². The predicted molar refractivity (Wildman–Crippen MR) is 52.7 cm³/mol. The van der Waals surface area contributed by atoms with Gasteiger partial charge in [-0.25, -0.2) is 0 Å². The summed E-state index contributed by atoms with van der Waals surface area (Å²) in [6.07, 6.45) is 7.17. The van der Waals surface area contributed by atoms with Crippen LogP contribution in [-0.4, -0.2) is 0 Å². The molecule has 0 fully saturated rings. The Hall–Kier alpha value is -1.03. The predicted octanol–water partition coefficient (Wildman–Crippen LogP) is 3.59. The summed E-state index contributed by atoms with van der Waals surface area (Å²) in [6.45, 7) is 6.22. The Morgan fingerprint density at radius 1 is 1.33 bits per heavy atom. The van der Waals surface area contributed by atoms with Gasteiger partial charge in [-0.05, 0) is 40.0 Å². The van der Waals surface area contributed by atoms with E-state index >= 15 is 0 Å². The third kappa shape index (κ3) is 7.08. The summed E-state index contributed by atoms with van der Waals surface area (Å²) in [4.78, 5) is 0. The maximum atomic E-state index is 8.34. The van der Waals surface area contributed by atoms with Crippen molar-refractivity contribution in [1.29, 1.82) is 5.26 Å². The summed E-state index contributed by atoms with van der Waals surface area (Å²) in [5.41, 5.74) is 2.55. The number of nitrogens with zero attached hydrogens (tertiary/aromatic N) is 1. The molecule has 0 rings (SSSR count). The van der Waals surface area contributed by atoms with Crippen LogP contribution in [0.5, 0.6) is 0 Å². The first kappa shape index (κ1) is 11.0. The topological polar surface area (TPSA) is 23.8 Å². The SMILES string of the molecule is CC(C)=CCCC/C(C)=C\C#N. The molecule has 0 N–H and O–H groups in total. The van der Waals surface area contributed by atoms with Gasteiger partial charge in [-0.15, -0.1) is 0 Å². The van der Waals surface area contributed by atoms with Crippen molar-refractivity contribution in [3.8, 4) is 6.07 Å². The van der Waals surface area contributed by atoms with Gasteiger partial charge in [0.1, 0.15) is 0 Å². The highest BCUT2D eigenvalue weighted by molar-refractivity contribution is 5.10. The molecule has 0 saturated heterocycles. The minimum absolute atomic E-state index is 1.04. The molecule has 0 radical (unpaired) electrons. The van der Waals surface area contributed by atoms with Gasteiger partial charge < -0.3 is 0 Å². The molecule has 0 bridgehead atoms. The second kappa shape index (κ2) is 6.67. The van der Waals surface area contributed by atoms with Crippen molar-refractivity contribution >= 4 is 0 Å². The van der Waals surface area contributed by atoms with E-state index in [1.807, 2.05) is 13.0 Å². The van der Waals surface area contributed by atoms with Crippen LogP contribution in [0.15, 0.2) is 23.3 Å². The third-order valence-corrected chi connectivity index (χ3v) is 1.64. The lowest BCUT2D eigenvalue weighted by molar-refractivity contribution is 0.828. The first-order valence-corrected chi connectivity index (χ1v) is 4.35. The number of nitriles is 1. The molecule has 0 aromatic heterocycles. The van der Waals surface area contributed by atoms with Crippen molar-refractivity contribution in [2.24, 2.45) is 0 Å². The van der Waals surface area contributed by atoms with Crippen LogP contribution >= 0.6 is 0 Å². The average Bonchev–Trinajstić information content (AvgIpc) is 1.98. The highest BCUT2D eigenvalue weighted by Gasteiger charge is 1.88. The lowest BCUT2D eigenvalue weighted by Crippen LogP contribution is -1.77. The van der Waals surface area contributed by atoms with E-state index in [9.17, 15) is 0 Å². The van der Waals surface area contributed by atoms with Crippen LogP contribution in [0.4, 0.5) is 0 Å². The van der Waals surface area contributed by atoms with Gasteiger partial charge in [0.25, 0.3) is 0 Å². The van der Waals surface area contributed by atoms with Crippen LogP contribution in [0.1, 0.15) is 40.0 Å². The molecule has 12 heavy (non-hydrogen) atoms. The van der Waals surface area contributed by atoms with Crippen LogP contribution < -0.4 is 0 Å². The van der Waals surface area contributed by atoms with E-state index in [0.29, 0.717) is 0 Å². The zero-order chi connectivity index (χ0) is 9.40. The molecular weight excluding hydrogens is 146 g/mol. The Balaban J connectivity index is 3.52. The first-order chi connectivity index (χ1) is 5.66. The Labute approximate surface area is 75.4 Å². The van der Waals surface area contributed by atoms with Gasteiger partial charge in [-0.1, -0.05) is 17.2 Å². The second-order valence-electron chi connectivity index (χ2n) is 3.29. The summed E-state index contributed by atoms with van der Waals surface area (Å²) in [5, 5.41) is 8.34. The molecule has 66 valence electrons. The highest BCUT2D eigenvalue weighted by atomic mass is 14.2. The molecule has 0 amide bonds. The fourth-order valence-corrected chi connectivity index (χ4v) is 0.954. The fraction of sp³-hybridized carbons (Fsp3) is 0.545. The molecule has 0 saturated carbocycles. The zero-order valence-corrected chi connectivity index (χ0v) is 8.22. The van der Waals surface area contributed by atoms with Gasteiger partial charge in [0.05, 0.1) is 6.07 Å². The number of rotatable bonds is 4. The van der Waals surface area contributed by atoms with E-state index < -0.39 is 0 Å². The van der Waals surface area contributed by atoms with E-state index in [0.717, 1.165) is 19.3 Å². The molecule has 0 aromatic carbocycles. The van der Waals surface area contributed by atoms with Gasteiger partial charge in [-0.2, -0.15) is 5.26 Å². The van der Waals surface area contributed by atoms with Crippen LogP contribution in [0.3, 0.4) is 0 Å². The molecule has 0 spiro atoms. The van der Waals surface area contributed by atoms with Crippen molar-refractivity contribution in [2.75, 3.05) is 0 Å². The van der Waals surface area contributed by atoms with Crippen molar-refractivity contribution < 1.29 is 0 Å². The smallest absolute Gasteiger partial charge is 0.0911 e. The Kier molecular flexibility index (Phi) is 6.09. The van der Waals surface area contributed by atoms with E-state index in [2.05, 4.69) is 19.9 Å². The number of allylic oxidation sites excluding steroid dienone is 4. The minimum Gasteiger partial charge on any atom is -0.193 e. The molecular formula is C11H17N. The molecule has 0 atom stereocenters. The van der Waals surface area contributed by atoms with Crippen LogP contribution in [-0.2, 0) is 0 Å². The maximum Gasteiger partial charge on any atom is 0.0911 e. The van der Waals surface area contributed by atoms with Crippen molar-refractivity contribution in [3.05, 3.63) is 23.3 Å². The Morgan fingerprint density at radius 3 is 2.50 bits per heavy atom. The lowest BCUT2D eigenvalue weighted by atomic mass is 10.1. The van der Waals surface area contributed by atoms with Crippen molar-refractivity contribution in [3.63, 3.8) is 0 Å². The van der Waals surface area contributed by atoms with Crippen LogP contribution in [0.2, 0.25) is 0 Å². The van der Waals surface area contributed by atoms with Crippen molar-refractivity contribution in [1.82, 2.24) is 0 Å². The standard InChI is InChI=1S/C11H17N/c1-10(2)6-4-5-7-11(3)8-9-12/h6,8H,4-5,7H2,1-3H3/b11-8-. The fourth-order valence-electron chi connectivity index (χ4n) is 0.954. The molecule has 0 heterocycles. The Morgan fingerprint density at radius 2 is 2.00 bits per heavy atom. The maximum absolute atomic E-state index is 8.34. The van der Waals surface area contributed by atoms with E-state index in [1.165, 1.54) is 11.1 Å². The number of unbranched alkanes of at least 4 members (excludes halogenated alkanes) is 1. The molecule has 0 unspecified atom stereocenters. The molecule has 1 heteroatoms. The largest absolute Gasteiger partial charge is 0.193 e. The molecule has 0 aromatic rings. The van der Waals surface area contributed by atoms with Crippen LogP contribution in [0, 0.1) is 11.3 Å². The number of hydrogen-bond acceptors (Lipinski definition) is 1. The molecule has 0 aliphatic rings. The second-order valence-corrected chi connectivity index (χ2v) is 3.29. The van der Waals surface area contributed by atoms with Gasteiger partial charge >= 0.3 is 0 Å². The number of hydrogen-bond donors (Lipinski definition) is 0. The van der Waals surface area contributed by atoms with Crippen LogP contribution in [0.25, 0.3) is 0 Å². The average molecular weight is 163 g/mol. The normalized spacial score (nSPS) is 10.7. The summed E-state index contributed by atoms with van der Waals surface area (Å²) in [5.74, 6) is 0. The van der Waals surface area contributed by atoms with Crippen molar-refractivity contribution in [2.45, 2.75) is 40.0 Å². The quantitative estimate of drug-likeness (QED) is 0.353. The highest BCUT2D eigenvalue weighted by Crippen LogP contribution is 2.07. The first-order valence-electron chi connectivity index (χ1n) is 4.35. The van der Waals surface area contributed by atoms with Gasteiger partial charge in [0.2, 0.25) is 0 Å². The summed E-state index contributed by atoms with van der Waals surface area (Å²) < 4.78 is 0. The lowest BCUT2D eigenvalue weighted by Gasteiger charge is -1.96. The van der Waals surface area contributed by atoms with E-state index in [1.54, 1.807) is 6.08 Å². The van der Waals surface area contributed by atoms with Gasteiger partial charge in [0, 0.05) is 6.08 Å². The molecule has 1 nitrogen and oxygen atoms in total. The minimum atomic E-state index is 1.04. The van der Waals surface area contributed by atoms with Gasteiger partial charge in [-0.3, -0.25) is 0 Å². The molecule has 0 aliphatic carbocycles. The summed E-state index contributed by atoms with van der Waals surface area (Å²) >= 11 is 0. The summed E-state index contributed by atoms with van der Waals surface area (Å²) in [7, 11) is 0.